The Hall–Kier alpha value is -2.27. The summed E-state index contributed by atoms with van der Waals surface area (Å²) in [5.41, 5.74) is -2.67. The molecule has 1 aromatic rings. The molecule has 0 saturated heterocycles. The summed E-state index contributed by atoms with van der Waals surface area (Å²) in [5.74, 6) is -0.785. The van der Waals surface area contributed by atoms with E-state index in [-0.39, 0.29) is 16.9 Å². The van der Waals surface area contributed by atoms with Crippen LogP contribution < -0.4 is 0 Å². The predicted octanol–water partition coefficient (Wildman–Crippen LogP) is 3.11. The first-order chi connectivity index (χ1) is 12.7. The lowest BCUT2D eigenvalue weighted by molar-refractivity contribution is -0.174. The van der Waals surface area contributed by atoms with Gasteiger partial charge in [0.2, 0.25) is 0 Å². The van der Waals surface area contributed by atoms with Crippen LogP contribution in [0.1, 0.15) is 50.4 Å². The van der Waals surface area contributed by atoms with Gasteiger partial charge in [-0.25, -0.2) is 4.79 Å². The van der Waals surface area contributed by atoms with Crippen molar-refractivity contribution in [2.75, 3.05) is 0 Å². The van der Waals surface area contributed by atoms with Gasteiger partial charge in [0.15, 0.2) is 11.9 Å². The second-order valence-electron chi connectivity index (χ2n) is 8.60. The maximum absolute atomic E-state index is 12.7. The van der Waals surface area contributed by atoms with Crippen molar-refractivity contribution in [2.45, 2.75) is 51.7 Å². The van der Waals surface area contributed by atoms with Crippen molar-refractivity contribution in [3.05, 3.63) is 47.5 Å². The maximum atomic E-state index is 12.7. The summed E-state index contributed by atoms with van der Waals surface area (Å²) in [4.78, 5) is 36.3. The average molecular weight is 370 g/mol. The van der Waals surface area contributed by atoms with Crippen molar-refractivity contribution in [1.29, 1.82) is 0 Å². The topological polar surface area (TPSA) is 80.7 Å². The zero-order valence-electron chi connectivity index (χ0n) is 16.0. The van der Waals surface area contributed by atoms with Crippen molar-refractivity contribution >= 4 is 18.5 Å². The Bertz CT molecular complexity index is 781. The molecular formula is C22H26O5. The Morgan fingerprint density at radius 1 is 1.15 bits per heavy atom. The average Bonchev–Trinajstić information content (AvgIpc) is 2.64. The Morgan fingerprint density at radius 3 is 2.41 bits per heavy atom. The summed E-state index contributed by atoms with van der Waals surface area (Å²) >= 11 is 0. The normalized spacial score (nSPS) is 34.7. The van der Waals surface area contributed by atoms with Crippen molar-refractivity contribution in [3.63, 3.8) is 0 Å². The van der Waals surface area contributed by atoms with Gasteiger partial charge in [-0.3, -0.25) is 9.59 Å². The van der Waals surface area contributed by atoms with Crippen LogP contribution in [0.4, 0.5) is 0 Å². The lowest BCUT2D eigenvalue weighted by Crippen LogP contribution is -2.64. The highest BCUT2D eigenvalue weighted by molar-refractivity contribution is 5.91. The van der Waals surface area contributed by atoms with Crippen LogP contribution in [0, 0.1) is 16.7 Å². The molecular weight excluding hydrogens is 344 g/mol. The first-order valence-electron chi connectivity index (χ1n) is 9.32. The van der Waals surface area contributed by atoms with E-state index in [1.54, 1.807) is 24.3 Å². The minimum atomic E-state index is -1.88. The predicted molar refractivity (Wildman–Crippen MR) is 100 cm³/mol. The molecule has 0 aromatic heterocycles. The van der Waals surface area contributed by atoms with Crippen LogP contribution in [0.3, 0.4) is 0 Å². The number of aldehydes is 2. The van der Waals surface area contributed by atoms with Crippen LogP contribution in [0.2, 0.25) is 0 Å². The highest BCUT2D eigenvalue weighted by Gasteiger charge is 2.64. The van der Waals surface area contributed by atoms with Crippen LogP contribution in [-0.2, 0) is 14.3 Å². The first-order valence-corrected chi connectivity index (χ1v) is 9.32. The van der Waals surface area contributed by atoms with E-state index >= 15 is 0 Å². The number of carbonyl (C=O) groups is 3. The molecule has 27 heavy (non-hydrogen) atoms. The molecule has 144 valence electrons. The number of fused-ring (bicyclic) bond motifs is 1. The van der Waals surface area contributed by atoms with Crippen LogP contribution in [0.25, 0.3) is 0 Å². The van der Waals surface area contributed by atoms with Gasteiger partial charge in [-0.2, -0.15) is 0 Å². The van der Waals surface area contributed by atoms with Gasteiger partial charge in [0.25, 0.3) is 0 Å². The Morgan fingerprint density at radius 2 is 1.81 bits per heavy atom. The van der Waals surface area contributed by atoms with Crippen molar-refractivity contribution in [1.82, 2.24) is 0 Å². The molecule has 1 saturated carbocycles. The number of rotatable bonds is 4. The zero-order valence-corrected chi connectivity index (χ0v) is 16.0. The Balaban J connectivity index is 2.08. The van der Waals surface area contributed by atoms with Crippen LogP contribution in [-0.4, -0.2) is 35.4 Å². The van der Waals surface area contributed by atoms with Crippen LogP contribution >= 0.6 is 0 Å². The third kappa shape index (κ3) is 2.94. The van der Waals surface area contributed by atoms with E-state index in [9.17, 15) is 19.5 Å². The fraction of sp³-hybridized carbons (Fsp3) is 0.500. The van der Waals surface area contributed by atoms with Gasteiger partial charge in [-0.1, -0.05) is 45.4 Å². The lowest BCUT2D eigenvalue weighted by Gasteiger charge is -2.59. The molecule has 0 amide bonds. The van der Waals surface area contributed by atoms with Gasteiger partial charge in [0.1, 0.15) is 12.4 Å². The van der Waals surface area contributed by atoms with Gasteiger partial charge >= 0.3 is 5.97 Å². The molecule has 0 heterocycles. The second-order valence-corrected chi connectivity index (χ2v) is 8.60. The number of hydrogen-bond acceptors (Lipinski definition) is 5. The SMILES string of the molecule is CC1(C)CCC[C@@]2(C)[C@H]1[C@H](OC(=O)c1ccccc1)C=C(C=O)[C@]2(O)C=O. The molecule has 3 rings (SSSR count). The fourth-order valence-corrected chi connectivity index (χ4v) is 5.25. The summed E-state index contributed by atoms with van der Waals surface area (Å²) in [5, 5.41) is 11.2. The summed E-state index contributed by atoms with van der Waals surface area (Å²) in [6.45, 7) is 5.94. The number of carbonyl (C=O) groups excluding carboxylic acids is 3. The molecule has 1 aromatic carbocycles. The van der Waals surface area contributed by atoms with E-state index in [4.69, 9.17) is 4.74 Å². The number of benzene rings is 1. The quantitative estimate of drug-likeness (QED) is 0.651. The van der Waals surface area contributed by atoms with Crippen LogP contribution in [0.15, 0.2) is 42.0 Å². The van der Waals surface area contributed by atoms with E-state index in [0.29, 0.717) is 24.6 Å². The van der Waals surface area contributed by atoms with E-state index in [0.717, 1.165) is 12.8 Å². The van der Waals surface area contributed by atoms with Gasteiger partial charge < -0.3 is 9.84 Å². The van der Waals surface area contributed by atoms with Gasteiger partial charge in [0.05, 0.1) is 5.56 Å². The summed E-state index contributed by atoms with van der Waals surface area (Å²) in [6.07, 6.45) is 4.01. The molecule has 2 aliphatic carbocycles. The second kappa shape index (κ2) is 6.71. The largest absolute Gasteiger partial charge is 0.454 e. The third-order valence-electron chi connectivity index (χ3n) is 6.58. The van der Waals surface area contributed by atoms with Crippen LogP contribution in [0.5, 0.6) is 0 Å². The monoisotopic (exact) mass is 370 g/mol. The van der Waals surface area contributed by atoms with Gasteiger partial charge in [0, 0.05) is 16.9 Å². The molecule has 5 nitrogen and oxygen atoms in total. The summed E-state index contributed by atoms with van der Waals surface area (Å²) in [6, 6.07) is 8.66. The van der Waals surface area contributed by atoms with Crippen molar-refractivity contribution < 1.29 is 24.2 Å². The Kier molecular flexibility index (Phi) is 4.85. The molecule has 0 spiro atoms. The summed E-state index contributed by atoms with van der Waals surface area (Å²) in [7, 11) is 0. The first kappa shape index (κ1) is 19.5. The molecule has 0 bridgehead atoms. The Labute approximate surface area is 159 Å². The van der Waals surface area contributed by atoms with E-state index in [2.05, 4.69) is 13.8 Å². The number of aliphatic hydroxyl groups is 1. The smallest absolute Gasteiger partial charge is 0.338 e. The molecule has 0 radical (unpaired) electrons. The van der Waals surface area contributed by atoms with E-state index in [1.807, 2.05) is 13.0 Å². The highest BCUT2D eigenvalue weighted by Crippen LogP contribution is 2.61. The molecule has 4 atom stereocenters. The van der Waals surface area contributed by atoms with Crippen molar-refractivity contribution in [3.8, 4) is 0 Å². The van der Waals surface area contributed by atoms with Crippen molar-refractivity contribution in [2.24, 2.45) is 16.7 Å². The number of hydrogen-bond donors (Lipinski definition) is 1. The van der Waals surface area contributed by atoms with E-state index < -0.39 is 23.1 Å². The molecule has 1 N–H and O–H groups in total. The zero-order chi connectivity index (χ0) is 19.9. The lowest BCUT2D eigenvalue weighted by atomic mass is 9.46. The third-order valence-corrected chi connectivity index (χ3v) is 6.58. The molecule has 1 fully saturated rings. The minimum Gasteiger partial charge on any atom is -0.454 e. The maximum Gasteiger partial charge on any atom is 0.338 e. The summed E-state index contributed by atoms with van der Waals surface area (Å²) < 4.78 is 5.82. The molecule has 5 heteroatoms. The van der Waals surface area contributed by atoms with Gasteiger partial charge in [-0.05, 0) is 36.5 Å². The number of esters is 1. The van der Waals surface area contributed by atoms with Gasteiger partial charge in [-0.15, -0.1) is 0 Å². The van der Waals surface area contributed by atoms with E-state index in [1.165, 1.54) is 6.08 Å². The molecule has 0 unspecified atom stereocenters. The fourth-order valence-electron chi connectivity index (χ4n) is 5.25. The molecule has 2 aliphatic rings. The standard InChI is InChI=1S/C22H26O5/c1-20(2)10-7-11-21(3)18(20)17(12-16(13-23)22(21,26)14-24)27-19(25)15-8-5-4-6-9-15/h4-6,8-9,12-14,17-18,26H,7,10-11H2,1-3H3/t17-,18+,21+,22-/m1/s1. The molecule has 0 aliphatic heterocycles. The highest BCUT2D eigenvalue weighted by atomic mass is 16.5. The minimum absolute atomic E-state index is 0.0280. The number of ether oxygens (including phenoxy) is 1.